The minimum atomic E-state index is -0.132. The second-order valence-corrected chi connectivity index (χ2v) is 3.51. The zero-order chi connectivity index (χ0) is 10.8. The third-order valence-electron chi connectivity index (χ3n) is 1.98. The highest BCUT2D eigenvalue weighted by molar-refractivity contribution is 6.31. The molecule has 1 aromatic carbocycles. The Morgan fingerprint density at radius 3 is 3.13 bits per heavy atom. The van der Waals surface area contributed by atoms with Crippen LogP contribution in [0.25, 0.3) is 11.1 Å². The standard InChI is InChI=1S/C10H9ClN2O2/c1-12-9(14)5-10-13-7-4-6(11)2-3-8(7)15-10/h2-4H,5H2,1H3,(H,12,14). The Morgan fingerprint density at radius 1 is 1.60 bits per heavy atom. The molecule has 5 heteroatoms. The lowest BCUT2D eigenvalue weighted by atomic mass is 10.3. The SMILES string of the molecule is CNC(=O)Cc1nc2cc(Cl)ccc2o1. The molecule has 0 fully saturated rings. The predicted molar refractivity (Wildman–Crippen MR) is 56.8 cm³/mol. The van der Waals surface area contributed by atoms with Crippen LogP contribution < -0.4 is 5.32 Å². The van der Waals surface area contributed by atoms with E-state index in [2.05, 4.69) is 10.3 Å². The molecule has 0 atom stereocenters. The van der Waals surface area contributed by atoms with E-state index in [1.54, 1.807) is 25.2 Å². The van der Waals surface area contributed by atoms with Crippen molar-refractivity contribution in [3.05, 3.63) is 29.1 Å². The maximum atomic E-state index is 11.1. The molecule has 0 spiro atoms. The molecule has 2 aromatic rings. The summed E-state index contributed by atoms with van der Waals surface area (Å²) in [6, 6.07) is 5.16. The third kappa shape index (κ3) is 2.10. The van der Waals surface area contributed by atoms with Crippen molar-refractivity contribution >= 4 is 28.6 Å². The van der Waals surface area contributed by atoms with Crippen LogP contribution in [0.2, 0.25) is 5.02 Å². The molecule has 78 valence electrons. The highest BCUT2D eigenvalue weighted by Gasteiger charge is 2.09. The summed E-state index contributed by atoms with van der Waals surface area (Å²) in [4.78, 5) is 15.2. The van der Waals surface area contributed by atoms with Crippen LogP contribution in [0.3, 0.4) is 0 Å². The first-order valence-electron chi connectivity index (χ1n) is 4.44. The zero-order valence-electron chi connectivity index (χ0n) is 8.08. The maximum Gasteiger partial charge on any atom is 0.229 e. The molecule has 0 saturated heterocycles. The minimum Gasteiger partial charge on any atom is -0.440 e. The number of carbonyl (C=O) groups is 1. The number of rotatable bonds is 2. The lowest BCUT2D eigenvalue weighted by Crippen LogP contribution is -2.19. The van der Waals surface area contributed by atoms with E-state index in [0.717, 1.165) is 0 Å². The van der Waals surface area contributed by atoms with E-state index in [1.807, 2.05) is 0 Å². The fourth-order valence-electron chi connectivity index (χ4n) is 1.25. The minimum absolute atomic E-state index is 0.132. The van der Waals surface area contributed by atoms with E-state index in [-0.39, 0.29) is 12.3 Å². The van der Waals surface area contributed by atoms with Crippen molar-refractivity contribution < 1.29 is 9.21 Å². The fraction of sp³-hybridized carbons (Fsp3) is 0.200. The summed E-state index contributed by atoms with van der Waals surface area (Å²) < 4.78 is 5.36. The third-order valence-corrected chi connectivity index (χ3v) is 2.22. The van der Waals surface area contributed by atoms with Gasteiger partial charge in [0.2, 0.25) is 11.8 Å². The molecule has 0 saturated carbocycles. The molecular weight excluding hydrogens is 216 g/mol. The van der Waals surface area contributed by atoms with Gasteiger partial charge in [-0.05, 0) is 18.2 Å². The van der Waals surface area contributed by atoms with E-state index < -0.39 is 0 Å². The lowest BCUT2D eigenvalue weighted by molar-refractivity contribution is -0.120. The number of carbonyl (C=O) groups excluding carboxylic acids is 1. The fourth-order valence-corrected chi connectivity index (χ4v) is 1.42. The first-order chi connectivity index (χ1) is 7.19. The Hall–Kier alpha value is -1.55. The number of halogens is 1. The number of hydrogen-bond donors (Lipinski definition) is 1. The average Bonchev–Trinajstić information content (AvgIpc) is 2.59. The monoisotopic (exact) mass is 224 g/mol. The molecule has 1 heterocycles. The molecule has 4 nitrogen and oxygen atoms in total. The summed E-state index contributed by atoms with van der Waals surface area (Å²) in [7, 11) is 1.57. The van der Waals surface area contributed by atoms with Crippen molar-refractivity contribution in [1.82, 2.24) is 10.3 Å². The summed E-state index contributed by atoms with van der Waals surface area (Å²) in [5.74, 6) is 0.263. The van der Waals surface area contributed by atoms with Crippen molar-refractivity contribution in [3.8, 4) is 0 Å². The van der Waals surface area contributed by atoms with Crippen LogP contribution in [0.4, 0.5) is 0 Å². The van der Waals surface area contributed by atoms with Crippen LogP contribution in [-0.4, -0.2) is 17.9 Å². The summed E-state index contributed by atoms with van der Waals surface area (Å²) in [6.07, 6.45) is 0.142. The van der Waals surface area contributed by atoms with E-state index in [0.29, 0.717) is 22.0 Å². The van der Waals surface area contributed by atoms with Crippen molar-refractivity contribution in [2.24, 2.45) is 0 Å². The van der Waals surface area contributed by atoms with Gasteiger partial charge >= 0.3 is 0 Å². The van der Waals surface area contributed by atoms with Gasteiger partial charge in [0.15, 0.2) is 5.58 Å². The molecule has 1 amide bonds. The number of benzene rings is 1. The quantitative estimate of drug-likeness (QED) is 0.846. The van der Waals surface area contributed by atoms with Gasteiger partial charge in [0, 0.05) is 12.1 Å². The Morgan fingerprint density at radius 2 is 2.40 bits per heavy atom. The Kier molecular flexibility index (Phi) is 2.60. The van der Waals surface area contributed by atoms with Gasteiger partial charge in [-0.2, -0.15) is 0 Å². The predicted octanol–water partition coefficient (Wildman–Crippen LogP) is 1.77. The van der Waals surface area contributed by atoms with Crippen LogP contribution >= 0.6 is 11.6 Å². The number of amides is 1. The maximum absolute atomic E-state index is 11.1. The van der Waals surface area contributed by atoms with Crippen molar-refractivity contribution in [2.75, 3.05) is 7.05 Å². The average molecular weight is 225 g/mol. The van der Waals surface area contributed by atoms with Gasteiger partial charge in [-0.1, -0.05) is 11.6 Å². The first-order valence-corrected chi connectivity index (χ1v) is 4.82. The number of likely N-dealkylation sites (N-methyl/N-ethyl adjacent to an activating group) is 1. The van der Waals surface area contributed by atoms with Gasteiger partial charge in [-0.25, -0.2) is 4.98 Å². The largest absolute Gasteiger partial charge is 0.440 e. The molecule has 0 unspecified atom stereocenters. The topological polar surface area (TPSA) is 55.1 Å². The summed E-state index contributed by atoms with van der Waals surface area (Å²) in [5.41, 5.74) is 1.31. The number of nitrogens with zero attached hydrogens (tertiary/aromatic N) is 1. The first kappa shape index (κ1) is 9.98. The van der Waals surface area contributed by atoms with Crippen LogP contribution in [0, 0.1) is 0 Å². The molecular formula is C10H9ClN2O2. The second-order valence-electron chi connectivity index (χ2n) is 3.07. The normalized spacial score (nSPS) is 10.5. The van der Waals surface area contributed by atoms with E-state index in [4.69, 9.17) is 16.0 Å². The molecule has 15 heavy (non-hydrogen) atoms. The van der Waals surface area contributed by atoms with Crippen molar-refractivity contribution in [3.63, 3.8) is 0 Å². The molecule has 1 aromatic heterocycles. The van der Waals surface area contributed by atoms with Crippen molar-refractivity contribution in [1.29, 1.82) is 0 Å². The van der Waals surface area contributed by atoms with Gasteiger partial charge < -0.3 is 9.73 Å². The number of aromatic nitrogens is 1. The van der Waals surface area contributed by atoms with Crippen LogP contribution in [0.15, 0.2) is 22.6 Å². The summed E-state index contributed by atoms with van der Waals surface area (Å²) in [5, 5.41) is 3.10. The lowest BCUT2D eigenvalue weighted by Gasteiger charge is -1.92. The number of hydrogen-bond acceptors (Lipinski definition) is 3. The smallest absolute Gasteiger partial charge is 0.229 e. The van der Waals surface area contributed by atoms with E-state index in [9.17, 15) is 4.79 Å². The molecule has 1 N–H and O–H groups in total. The van der Waals surface area contributed by atoms with Crippen molar-refractivity contribution in [2.45, 2.75) is 6.42 Å². The Balaban J connectivity index is 2.34. The van der Waals surface area contributed by atoms with Gasteiger partial charge in [-0.15, -0.1) is 0 Å². The second kappa shape index (κ2) is 3.90. The molecule has 0 radical (unpaired) electrons. The van der Waals surface area contributed by atoms with Crippen LogP contribution in [-0.2, 0) is 11.2 Å². The summed E-state index contributed by atoms with van der Waals surface area (Å²) >= 11 is 5.80. The van der Waals surface area contributed by atoms with Gasteiger partial charge in [0.25, 0.3) is 0 Å². The Labute approximate surface area is 91.2 Å². The van der Waals surface area contributed by atoms with Gasteiger partial charge in [0.1, 0.15) is 11.9 Å². The van der Waals surface area contributed by atoms with Crippen LogP contribution in [0.5, 0.6) is 0 Å². The number of nitrogens with one attached hydrogen (secondary N) is 1. The highest BCUT2D eigenvalue weighted by atomic mass is 35.5. The van der Waals surface area contributed by atoms with E-state index >= 15 is 0 Å². The van der Waals surface area contributed by atoms with Crippen LogP contribution in [0.1, 0.15) is 5.89 Å². The highest BCUT2D eigenvalue weighted by Crippen LogP contribution is 2.19. The molecule has 0 bridgehead atoms. The van der Waals surface area contributed by atoms with Gasteiger partial charge in [-0.3, -0.25) is 4.79 Å². The zero-order valence-corrected chi connectivity index (χ0v) is 8.84. The van der Waals surface area contributed by atoms with E-state index in [1.165, 1.54) is 0 Å². The molecule has 0 aliphatic rings. The summed E-state index contributed by atoms with van der Waals surface area (Å²) in [6.45, 7) is 0. The molecule has 2 rings (SSSR count). The number of fused-ring (bicyclic) bond motifs is 1. The molecule has 0 aliphatic carbocycles. The molecule has 0 aliphatic heterocycles. The van der Waals surface area contributed by atoms with Gasteiger partial charge in [0.05, 0.1) is 0 Å². The Bertz CT molecular complexity index is 507. The number of oxazole rings is 1.